The minimum Gasteiger partial charge on any atom is -0.399 e. The summed E-state index contributed by atoms with van der Waals surface area (Å²) in [5.41, 5.74) is 15.0. The van der Waals surface area contributed by atoms with Crippen molar-refractivity contribution in [1.29, 1.82) is 0 Å². The lowest BCUT2D eigenvalue weighted by Crippen LogP contribution is -1.82. The van der Waals surface area contributed by atoms with Crippen molar-refractivity contribution in [2.75, 3.05) is 5.73 Å². The molecule has 48 heavy (non-hydrogen) atoms. The number of rotatable bonds is 1. The second kappa shape index (κ2) is 19.6. The van der Waals surface area contributed by atoms with Crippen LogP contribution in [0, 0.1) is 20.8 Å². The zero-order chi connectivity index (χ0) is 33.8. The molecule has 0 unspecified atom stereocenters. The minimum absolute atomic E-state index is 0.822. The summed E-state index contributed by atoms with van der Waals surface area (Å²) in [5, 5.41) is 2.68. The average molecular weight is 624 g/mol. The number of allylic oxidation sites excluding steroid dienone is 8. The molecule has 0 amide bonds. The molecule has 0 spiro atoms. The van der Waals surface area contributed by atoms with Gasteiger partial charge in [0.2, 0.25) is 0 Å². The number of hydrogen-bond donors (Lipinski definition) is 1. The summed E-state index contributed by atoms with van der Waals surface area (Å²) >= 11 is 0. The van der Waals surface area contributed by atoms with Crippen LogP contribution in [-0.4, -0.2) is 0 Å². The van der Waals surface area contributed by atoms with Gasteiger partial charge in [0.15, 0.2) is 0 Å². The maximum atomic E-state index is 5.36. The van der Waals surface area contributed by atoms with Gasteiger partial charge in [-0.3, -0.25) is 0 Å². The first-order valence-corrected chi connectivity index (χ1v) is 16.3. The molecule has 0 heterocycles. The van der Waals surface area contributed by atoms with Gasteiger partial charge in [0.05, 0.1) is 0 Å². The molecule has 2 N–H and O–H groups in total. The van der Waals surface area contributed by atoms with Gasteiger partial charge in [-0.1, -0.05) is 205 Å². The average Bonchev–Trinajstić information content (AvgIpc) is 3.11. The van der Waals surface area contributed by atoms with E-state index in [9.17, 15) is 0 Å². The Labute approximate surface area is 287 Å². The Morgan fingerprint density at radius 3 is 1.50 bits per heavy atom. The standard InChI is InChI=1S/C23H20.C11H10.C7H8.C6H7N/c1-19-15-17-23(18-16-19)22-10-5-3-2-4-9-20-11-6-7-12-21(20)13-8-14-22;1-9-5-4-7-10-6-2-3-8-11(9)10;1-7-5-3-2-4-6-7;7-6-4-2-1-3-5-6/h2-18H,1H3;2-8H,1H3;2-6H,1H3;1-5H,7H2/b3-2-,4-2?,5-3?,9-4-,10-5-,13-8+,14-8?,20-9?,21-13?,22-10?,22-14+;;;. The molecular formula is C47H45N. The van der Waals surface area contributed by atoms with Gasteiger partial charge in [-0.05, 0) is 71.5 Å². The fourth-order valence-corrected chi connectivity index (χ4v) is 4.89. The fraction of sp³-hybridized carbons (Fsp3) is 0.0638. The van der Waals surface area contributed by atoms with Crippen molar-refractivity contribution in [1.82, 2.24) is 0 Å². The highest BCUT2D eigenvalue weighted by Gasteiger charge is 1.98. The van der Waals surface area contributed by atoms with Crippen molar-refractivity contribution in [2.24, 2.45) is 0 Å². The van der Waals surface area contributed by atoms with Crippen LogP contribution in [0.3, 0.4) is 0 Å². The number of nitrogens with two attached hydrogens (primary N) is 1. The third-order valence-electron chi connectivity index (χ3n) is 7.57. The molecule has 7 rings (SSSR count). The number of para-hydroxylation sites is 1. The number of hydrogen-bond acceptors (Lipinski definition) is 1. The lowest BCUT2D eigenvalue weighted by atomic mass is 10.0. The van der Waals surface area contributed by atoms with E-state index >= 15 is 0 Å². The van der Waals surface area contributed by atoms with Crippen molar-refractivity contribution >= 4 is 34.2 Å². The molecule has 1 aliphatic carbocycles. The highest BCUT2D eigenvalue weighted by atomic mass is 14.5. The Kier molecular flexibility index (Phi) is 14.2. The monoisotopic (exact) mass is 623 g/mol. The van der Waals surface area contributed by atoms with E-state index in [2.05, 4.69) is 179 Å². The molecule has 0 aromatic heterocycles. The van der Waals surface area contributed by atoms with E-state index in [-0.39, 0.29) is 0 Å². The smallest absolute Gasteiger partial charge is 0.0313 e. The van der Waals surface area contributed by atoms with E-state index in [1.165, 1.54) is 49.7 Å². The Morgan fingerprint density at radius 1 is 0.396 bits per heavy atom. The fourth-order valence-electron chi connectivity index (χ4n) is 4.89. The quantitative estimate of drug-likeness (QED) is 0.181. The summed E-state index contributed by atoms with van der Waals surface area (Å²) in [6, 6.07) is 51.6. The van der Waals surface area contributed by atoms with E-state index in [0.29, 0.717) is 0 Å². The number of anilines is 1. The number of nitrogen functional groups attached to an aromatic ring is 1. The molecule has 0 fully saturated rings. The third kappa shape index (κ3) is 12.1. The normalized spacial score (nSPS) is 15.3. The second-order valence-corrected chi connectivity index (χ2v) is 11.4. The first-order valence-electron chi connectivity index (χ1n) is 16.3. The molecule has 1 aliphatic rings. The number of fused-ring (bicyclic) bond motifs is 2. The van der Waals surface area contributed by atoms with Gasteiger partial charge in [0.1, 0.15) is 0 Å². The Bertz CT molecular complexity index is 1930. The molecule has 1 nitrogen and oxygen atoms in total. The molecule has 0 radical (unpaired) electrons. The van der Waals surface area contributed by atoms with Crippen molar-refractivity contribution in [2.45, 2.75) is 20.8 Å². The summed E-state index contributed by atoms with van der Waals surface area (Å²) in [5.74, 6) is 0. The van der Waals surface area contributed by atoms with Crippen molar-refractivity contribution < 1.29 is 0 Å². The summed E-state index contributed by atoms with van der Waals surface area (Å²) in [7, 11) is 0. The first-order chi connectivity index (χ1) is 23.5. The van der Waals surface area contributed by atoms with Crippen LogP contribution < -0.4 is 5.73 Å². The van der Waals surface area contributed by atoms with Crippen molar-refractivity contribution in [3.05, 3.63) is 228 Å². The van der Waals surface area contributed by atoms with Crippen LogP contribution in [0.4, 0.5) is 5.69 Å². The van der Waals surface area contributed by atoms with Crippen molar-refractivity contribution in [3.63, 3.8) is 0 Å². The molecule has 0 saturated heterocycles. The van der Waals surface area contributed by atoms with Gasteiger partial charge in [-0.25, -0.2) is 0 Å². The van der Waals surface area contributed by atoms with Crippen LogP contribution in [0.15, 0.2) is 194 Å². The van der Waals surface area contributed by atoms with Crippen LogP contribution in [-0.2, 0) is 0 Å². The highest BCUT2D eigenvalue weighted by Crippen LogP contribution is 2.19. The summed E-state index contributed by atoms with van der Waals surface area (Å²) in [6.45, 7) is 6.34. The van der Waals surface area contributed by atoms with Gasteiger partial charge in [0.25, 0.3) is 0 Å². The zero-order valence-corrected chi connectivity index (χ0v) is 28.2. The molecule has 0 bridgehead atoms. The van der Waals surface area contributed by atoms with Gasteiger partial charge >= 0.3 is 0 Å². The van der Waals surface area contributed by atoms with E-state index < -0.39 is 0 Å². The van der Waals surface area contributed by atoms with Gasteiger partial charge < -0.3 is 5.73 Å². The molecular weight excluding hydrogens is 579 g/mol. The van der Waals surface area contributed by atoms with E-state index in [1.807, 2.05) is 48.5 Å². The number of aryl methyl sites for hydroxylation is 3. The first kappa shape index (κ1) is 34.9. The van der Waals surface area contributed by atoms with E-state index in [4.69, 9.17) is 5.73 Å². The summed E-state index contributed by atoms with van der Waals surface area (Å²) in [4.78, 5) is 0. The summed E-state index contributed by atoms with van der Waals surface area (Å²) in [6.07, 6.45) is 19.0. The molecule has 6 aromatic rings. The van der Waals surface area contributed by atoms with Gasteiger partial charge in [-0.15, -0.1) is 0 Å². The Hall–Kier alpha value is -5.92. The second-order valence-electron chi connectivity index (χ2n) is 11.4. The topological polar surface area (TPSA) is 26.0 Å². The SMILES string of the molecule is Cc1ccc(C2=C/C=C/c3ccccc3/C=C\C=C/C=C\2)cc1.Cc1cccc2ccccc12.Cc1ccccc1.Nc1ccccc1. The van der Waals surface area contributed by atoms with E-state index in [0.717, 1.165) is 5.69 Å². The van der Waals surface area contributed by atoms with E-state index in [1.54, 1.807) is 0 Å². The van der Waals surface area contributed by atoms with Crippen molar-refractivity contribution in [3.8, 4) is 0 Å². The van der Waals surface area contributed by atoms with Crippen LogP contribution in [0.25, 0.3) is 28.5 Å². The summed E-state index contributed by atoms with van der Waals surface area (Å²) < 4.78 is 0. The van der Waals surface area contributed by atoms with Crippen LogP contribution in [0.2, 0.25) is 0 Å². The zero-order valence-electron chi connectivity index (χ0n) is 28.2. The predicted octanol–water partition coefficient (Wildman–Crippen LogP) is 12.6. The lowest BCUT2D eigenvalue weighted by Gasteiger charge is -2.03. The van der Waals surface area contributed by atoms with Crippen LogP contribution in [0.5, 0.6) is 0 Å². The molecule has 0 saturated carbocycles. The molecule has 238 valence electrons. The predicted molar refractivity (Wildman–Crippen MR) is 213 cm³/mol. The largest absolute Gasteiger partial charge is 0.399 e. The molecule has 0 atom stereocenters. The minimum atomic E-state index is 0.822. The van der Waals surface area contributed by atoms with Crippen LogP contribution >= 0.6 is 0 Å². The molecule has 1 heteroatoms. The lowest BCUT2D eigenvalue weighted by molar-refractivity contribution is 1.45. The highest BCUT2D eigenvalue weighted by molar-refractivity contribution is 5.85. The van der Waals surface area contributed by atoms with Gasteiger partial charge in [0, 0.05) is 5.69 Å². The molecule has 0 aliphatic heterocycles. The molecule has 6 aromatic carbocycles. The maximum absolute atomic E-state index is 5.36. The number of benzene rings is 6. The maximum Gasteiger partial charge on any atom is 0.0313 e. The Morgan fingerprint density at radius 2 is 0.917 bits per heavy atom. The third-order valence-corrected chi connectivity index (χ3v) is 7.57. The van der Waals surface area contributed by atoms with Crippen LogP contribution in [0.1, 0.15) is 33.4 Å². The van der Waals surface area contributed by atoms with Gasteiger partial charge in [-0.2, -0.15) is 0 Å². The Balaban J connectivity index is 0.000000170.